The summed E-state index contributed by atoms with van der Waals surface area (Å²) in [5.74, 6) is 0. The molecule has 1 heterocycles. The molecule has 1 aromatic heterocycles. The predicted molar refractivity (Wildman–Crippen MR) is 70.8 cm³/mol. The maximum Gasteiger partial charge on any atom is 0.181 e. The Morgan fingerprint density at radius 3 is 2.56 bits per heavy atom. The highest BCUT2D eigenvalue weighted by Crippen LogP contribution is 2.02. The molecule has 0 amide bonds. The average Bonchev–Trinajstić information content (AvgIpc) is 2.37. The molecule has 0 fully saturated rings. The lowest BCUT2D eigenvalue weighted by atomic mass is 10.1. The van der Waals surface area contributed by atoms with Gasteiger partial charge in [0.15, 0.2) is 11.9 Å². The molecule has 2 nitrogen and oxygen atoms in total. The molecule has 0 unspecified atom stereocenters. The third-order valence-corrected chi connectivity index (χ3v) is 3.13. The number of nitrogens with zero attached hydrogens (tertiary/aromatic N) is 1. The summed E-state index contributed by atoms with van der Waals surface area (Å²) in [6, 6.07) is 6.49. The molecule has 0 aliphatic rings. The van der Waals surface area contributed by atoms with Gasteiger partial charge in [0.25, 0.3) is 0 Å². The number of rotatable bonds is 9. The zero-order chi connectivity index (χ0) is 12.3. The lowest BCUT2D eigenvalue weighted by Crippen LogP contribution is -3.00. The van der Waals surface area contributed by atoms with Crippen molar-refractivity contribution in [1.29, 1.82) is 0 Å². The molecular weight excluding hydrogens is 246 g/mol. The minimum atomic E-state index is 0. The van der Waals surface area contributed by atoms with Crippen molar-refractivity contribution in [2.75, 3.05) is 6.61 Å². The van der Waals surface area contributed by atoms with Gasteiger partial charge in [-0.25, -0.2) is 4.57 Å². The van der Waals surface area contributed by atoms with Gasteiger partial charge in [-0.2, -0.15) is 0 Å². The molecule has 0 atom stereocenters. The van der Waals surface area contributed by atoms with Gasteiger partial charge >= 0.3 is 0 Å². The highest BCUT2D eigenvalue weighted by atomic mass is 35.5. The number of unbranched alkanes of at least 4 members (excludes halogenated alkanes) is 4. The fraction of sp³-hybridized carbons (Fsp3) is 0.667. The summed E-state index contributed by atoms with van der Waals surface area (Å²) >= 11 is 0. The first-order chi connectivity index (χ1) is 8.38. The van der Waals surface area contributed by atoms with Crippen molar-refractivity contribution in [3.8, 4) is 0 Å². The van der Waals surface area contributed by atoms with Gasteiger partial charge < -0.3 is 17.5 Å². The van der Waals surface area contributed by atoms with Gasteiger partial charge in [0.2, 0.25) is 0 Å². The molecule has 0 saturated carbocycles. The predicted octanol–water partition coefficient (Wildman–Crippen LogP) is -0.127. The number of halogens is 1. The molecule has 3 heteroatoms. The lowest BCUT2D eigenvalue weighted by Gasteiger charge is -2.03. The molecule has 0 spiro atoms. The van der Waals surface area contributed by atoms with Gasteiger partial charge in [0, 0.05) is 31.6 Å². The second-order valence-corrected chi connectivity index (χ2v) is 4.63. The number of aliphatic hydroxyl groups excluding tert-OH is 1. The van der Waals surface area contributed by atoms with E-state index >= 15 is 0 Å². The number of aliphatic hydroxyl groups is 1. The van der Waals surface area contributed by atoms with E-state index in [1.807, 2.05) is 0 Å². The van der Waals surface area contributed by atoms with E-state index < -0.39 is 0 Å². The molecule has 1 aromatic rings. The van der Waals surface area contributed by atoms with Crippen LogP contribution in [0.15, 0.2) is 24.4 Å². The highest BCUT2D eigenvalue weighted by Gasteiger charge is 2.07. The van der Waals surface area contributed by atoms with E-state index in [0.29, 0.717) is 6.61 Å². The van der Waals surface area contributed by atoms with Crippen LogP contribution in [0.3, 0.4) is 0 Å². The molecule has 104 valence electrons. The van der Waals surface area contributed by atoms with E-state index in [-0.39, 0.29) is 12.4 Å². The summed E-state index contributed by atoms with van der Waals surface area (Å²) in [5.41, 5.74) is 1.46. The van der Waals surface area contributed by atoms with Gasteiger partial charge in [-0.05, 0) is 19.3 Å². The molecule has 0 saturated heterocycles. The monoisotopic (exact) mass is 271 g/mol. The second kappa shape index (κ2) is 11.5. The summed E-state index contributed by atoms with van der Waals surface area (Å²) in [6.45, 7) is 3.69. The molecule has 1 N–H and O–H groups in total. The van der Waals surface area contributed by atoms with E-state index in [9.17, 15) is 0 Å². The smallest absolute Gasteiger partial charge is 0.181 e. The summed E-state index contributed by atoms with van der Waals surface area (Å²) < 4.78 is 2.38. The van der Waals surface area contributed by atoms with Gasteiger partial charge in [-0.1, -0.05) is 25.8 Å². The zero-order valence-electron chi connectivity index (χ0n) is 11.4. The van der Waals surface area contributed by atoms with Crippen molar-refractivity contribution >= 4 is 0 Å². The minimum absolute atomic E-state index is 0. The molecule has 0 aromatic carbocycles. The second-order valence-electron chi connectivity index (χ2n) is 4.63. The largest absolute Gasteiger partial charge is 1.00 e. The average molecular weight is 272 g/mol. The van der Waals surface area contributed by atoms with E-state index in [2.05, 4.69) is 35.9 Å². The van der Waals surface area contributed by atoms with E-state index in [0.717, 1.165) is 19.4 Å². The third kappa shape index (κ3) is 6.97. The number of pyridine rings is 1. The van der Waals surface area contributed by atoms with Gasteiger partial charge in [-0.15, -0.1) is 0 Å². The van der Waals surface area contributed by atoms with Crippen LogP contribution < -0.4 is 17.0 Å². The van der Waals surface area contributed by atoms with Crippen LogP contribution in [0.1, 0.15) is 51.1 Å². The van der Waals surface area contributed by atoms with Crippen molar-refractivity contribution in [2.24, 2.45) is 0 Å². The third-order valence-electron chi connectivity index (χ3n) is 3.13. The Labute approximate surface area is 117 Å². The minimum Gasteiger partial charge on any atom is -1.00 e. The van der Waals surface area contributed by atoms with Crippen molar-refractivity contribution in [3.05, 3.63) is 30.1 Å². The quantitative estimate of drug-likeness (QED) is 0.491. The van der Waals surface area contributed by atoms with Crippen LogP contribution in [0.2, 0.25) is 0 Å². The van der Waals surface area contributed by atoms with Crippen LogP contribution in [0.5, 0.6) is 0 Å². The van der Waals surface area contributed by atoms with Crippen LogP contribution in [-0.2, 0) is 13.0 Å². The van der Waals surface area contributed by atoms with Crippen LogP contribution in [0.25, 0.3) is 0 Å². The van der Waals surface area contributed by atoms with E-state index in [4.69, 9.17) is 5.11 Å². The Morgan fingerprint density at radius 2 is 1.83 bits per heavy atom. The number of hydrogen-bond donors (Lipinski definition) is 1. The molecule has 0 bridgehead atoms. The van der Waals surface area contributed by atoms with Gasteiger partial charge in [0.1, 0.15) is 6.54 Å². The highest BCUT2D eigenvalue weighted by molar-refractivity contribution is 4.97. The van der Waals surface area contributed by atoms with Crippen LogP contribution in [-0.4, -0.2) is 11.7 Å². The maximum atomic E-state index is 8.72. The van der Waals surface area contributed by atoms with Gasteiger partial charge in [0.05, 0.1) is 0 Å². The lowest BCUT2D eigenvalue weighted by molar-refractivity contribution is -0.704. The Bertz CT molecular complexity index is 304. The maximum absolute atomic E-state index is 8.72. The van der Waals surface area contributed by atoms with Crippen LogP contribution in [0.4, 0.5) is 0 Å². The molecule has 18 heavy (non-hydrogen) atoms. The normalized spacial score (nSPS) is 10.1. The van der Waals surface area contributed by atoms with Gasteiger partial charge in [-0.3, -0.25) is 0 Å². The van der Waals surface area contributed by atoms with Crippen LogP contribution in [0, 0.1) is 0 Å². The van der Waals surface area contributed by atoms with Crippen molar-refractivity contribution < 1.29 is 22.1 Å². The molecule has 0 aliphatic heterocycles. The molecular formula is C15H26ClNO. The number of hydrogen-bond acceptors (Lipinski definition) is 1. The Hall–Kier alpha value is -0.600. The Kier molecular flexibility index (Phi) is 11.1. The SMILES string of the molecule is CCCCc1cccc[n+]1CCCCCCO.[Cl-]. The fourth-order valence-corrected chi connectivity index (χ4v) is 2.06. The zero-order valence-corrected chi connectivity index (χ0v) is 12.2. The first-order valence-corrected chi connectivity index (χ1v) is 6.96. The first-order valence-electron chi connectivity index (χ1n) is 6.96. The number of aromatic nitrogens is 1. The van der Waals surface area contributed by atoms with Crippen molar-refractivity contribution in [3.63, 3.8) is 0 Å². The van der Waals surface area contributed by atoms with E-state index in [1.54, 1.807) is 0 Å². The molecule has 1 rings (SSSR count). The molecule has 0 radical (unpaired) electrons. The standard InChI is InChI=1S/C15H26NO.ClH/c1-2-3-10-15-11-6-8-13-16(15)12-7-4-5-9-14-17;/h6,8,11,13,17H,2-5,7,9-10,12,14H2,1H3;1H/q+1;/p-1. The summed E-state index contributed by atoms with van der Waals surface area (Å²) in [6.07, 6.45) is 10.4. The summed E-state index contributed by atoms with van der Waals surface area (Å²) in [4.78, 5) is 0. The summed E-state index contributed by atoms with van der Waals surface area (Å²) in [7, 11) is 0. The first kappa shape index (κ1) is 17.4. The van der Waals surface area contributed by atoms with Crippen molar-refractivity contribution in [1.82, 2.24) is 0 Å². The Balaban J connectivity index is 0.00000289. The van der Waals surface area contributed by atoms with Crippen LogP contribution >= 0.6 is 0 Å². The van der Waals surface area contributed by atoms with Crippen molar-refractivity contribution in [2.45, 2.75) is 58.4 Å². The van der Waals surface area contributed by atoms with E-state index in [1.165, 1.54) is 37.8 Å². The fourth-order valence-electron chi connectivity index (χ4n) is 2.06. The molecule has 0 aliphatic carbocycles. The topological polar surface area (TPSA) is 24.1 Å². The number of aryl methyl sites for hydroxylation is 2. The Morgan fingerprint density at radius 1 is 1.06 bits per heavy atom. The summed E-state index contributed by atoms with van der Waals surface area (Å²) in [5, 5.41) is 8.72.